The average Bonchev–Trinajstić information content (AvgIpc) is 3.00. The Morgan fingerprint density at radius 1 is 0.561 bits per heavy atom. The second-order valence-corrected chi connectivity index (χ2v) is 13.1. The predicted octanol–water partition coefficient (Wildman–Crippen LogP) is 6.85. The highest BCUT2D eigenvalue weighted by molar-refractivity contribution is 5.82. The van der Waals surface area contributed by atoms with Gasteiger partial charge < -0.3 is 18.9 Å². The van der Waals surface area contributed by atoms with Gasteiger partial charge in [-0.25, -0.2) is 0 Å². The lowest BCUT2D eigenvalue weighted by molar-refractivity contribution is -0.182. The highest BCUT2D eigenvalue weighted by Crippen LogP contribution is 2.35. The number of carbonyl (C=O) groups is 4. The van der Waals surface area contributed by atoms with Crippen LogP contribution in [0, 0.1) is 23.7 Å². The van der Waals surface area contributed by atoms with Crippen molar-refractivity contribution in [3.8, 4) is 0 Å². The van der Waals surface area contributed by atoms with E-state index in [1.807, 2.05) is 20.8 Å². The maximum atomic E-state index is 13.4. The van der Waals surface area contributed by atoms with Gasteiger partial charge in [0.25, 0.3) is 0 Å². The molecule has 3 aliphatic rings. The average molecular weight is 579 g/mol. The molecule has 3 saturated carbocycles. The van der Waals surface area contributed by atoms with Crippen molar-refractivity contribution in [3.63, 3.8) is 0 Å². The molecule has 8 heteroatoms. The topological polar surface area (TPSA) is 105 Å². The first kappa shape index (κ1) is 33.4. The van der Waals surface area contributed by atoms with E-state index < -0.39 is 35.0 Å². The monoisotopic (exact) mass is 578 g/mol. The molecule has 0 radical (unpaired) electrons. The Balaban J connectivity index is 1.50. The number of rotatable bonds is 13. The molecule has 0 spiro atoms. The molecule has 8 nitrogen and oxygen atoms in total. The van der Waals surface area contributed by atoms with E-state index >= 15 is 0 Å². The van der Waals surface area contributed by atoms with E-state index in [-0.39, 0.29) is 37.0 Å². The van der Waals surface area contributed by atoms with Crippen LogP contribution in [0.1, 0.15) is 137 Å². The molecule has 0 aliphatic heterocycles. The number of ether oxygens (including phenoxy) is 4. The van der Waals surface area contributed by atoms with Crippen molar-refractivity contribution in [2.75, 3.05) is 13.2 Å². The number of carbonyl (C=O) groups excluding carboxylic acids is 4. The van der Waals surface area contributed by atoms with Gasteiger partial charge in [-0.3, -0.25) is 19.2 Å². The van der Waals surface area contributed by atoms with Crippen LogP contribution < -0.4 is 0 Å². The van der Waals surface area contributed by atoms with E-state index in [2.05, 4.69) is 0 Å². The molecule has 3 aliphatic carbocycles. The van der Waals surface area contributed by atoms with E-state index in [0.29, 0.717) is 32.1 Å². The van der Waals surface area contributed by atoms with Gasteiger partial charge in [0.2, 0.25) is 0 Å². The molecular weight excluding hydrogens is 524 g/mol. The van der Waals surface area contributed by atoms with Gasteiger partial charge in [-0.2, -0.15) is 0 Å². The van der Waals surface area contributed by atoms with Gasteiger partial charge in [0, 0.05) is 6.42 Å². The molecule has 0 bridgehead atoms. The standard InChI is InChI=1S/C33H54O8/c1-5-32(3,40-29(35)25-17-11-8-12-18-25)21-22-38-30(36)26-19-13-14-20-27(26)31(37)41-33(4,6-2)23-39-28(34)24-15-9-7-10-16-24/h24-27H,5-23H2,1-4H3. The third-order valence-electron chi connectivity index (χ3n) is 9.83. The maximum Gasteiger partial charge on any atom is 0.310 e. The quantitative estimate of drug-likeness (QED) is 0.173. The summed E-state index contributed by atoms with van der Waals surface area (Å²) in [4.78, 5) is 51.8. The van der Waals surface area contributed by atoms with Crippen LogP contribution in [0.3, 0.4) is 0 Å². The smallest absolute Gasteiger partial charge is 0.310 e. The fraction of sp³-hybridized carbons (Fsp3) is 0.879. The highest BCUT2D eigenvalue weighted by Gasteiger charge is 2.41. The zero-order valence-corrected chi connectivity index (χ0v) is 26.0. The molecule has 0 amide bonds. The van der Waals surface area contributed by atoms with Gasteiger partial charge >= 0.3 is 23.9 Å². The van der Waals surface area contributed by atoms with Crippen molar-refractivity contribution in [2.24, 2.45) is 23.7 Å². The van der Waals surface area contributed by atoms with Crippen LogP contribution in [0.15, 0.2) is 0 Å². The van der Waals surface area contributed by atoms with Crippen LogP contribution in [-0.4, -0.2) is 48.3 Å². The van der Waals surface area contributed by atoms with Crippen molar-refractivity contribution in [3.05, 3.63) is 0 Å². The van der Waals surface area contributed by atoms with Crippen molar-refractivity contribution in [1.82, 2.24) is 0 Å². The highest BCUT2D eigenvalue weighted by atomic mass is 16.6. The number of hydrogen-bond acceptors (Lipinski definition) is 8. The van der Waals surface area contributed by atoms with Gasteiger partial charge in [0.05, 0.1) is 30.3 Å². The maximum absolute atomic E-state index is 13.4. The predicted molar refractivity (Wildman–Crippen MR) is 155 cm³/mol. The zero-order valence-electron chi connectivity index (χ0n) is 26.0. The first-order valence-electron chi connectivity index (χ1n) is 16.4. The van der Waals surface area contributed by atoms with Crippen molar-refractivity contribution in [2.45, 2.75) is 148 Å². The van der Waals surface area contributed by atoms with Gasteiger partial charge in [-0.15, -0.1) is 0 Å². The molecule has 0 aromatic rings. The van der Waals surface area contributed by atoms with Crippen LogP contribution in [0.2, 0.25) is 0 Å². The molecule has 4 atom stereocenters. The summed E-state index contributed by atoms with van der Waals surface area (Å²) in [7, 11) is 0. The summed E-state index contributed by atoms with van der Waals surface area (Å²) < 4.78 is 23.2. The molecule has 3 rings (SSSR count). The van der Waals surface area contributed by atoms with E-state index in [4.69, 9.17) is 18.9 Å². The minimum absolute atomic E-state index is 0.0155. The van der Waals surface area contributed by atoms with Crippen LogP contribution in [0.25, 0.3) is 0 Å². The third kappa shape index (κ3) is 9.99. The number of hydrogen-bond donors (Lipinski definition) is 0. The minimum Gasteiger partial charge on any atom is -0.465 e. The molecule has 0 heterocycles. The second kappa shape index (κ2) is 15.9. The molecule has 234 valence electrons. The Morgan fingerprint density at radius 2 is 1.02 bits per heavy atom. The van der Waals surface area contributed by atoms with Gasteiger partial charge in [-0.1, -0.05) is 65.2 Å². The van der Waals surface area contributed by atoms with E-state index in [9.17, 15) is 19.2 Å². The minimum atomic E-state index is -0.946. The summed E-state index contributed by atoms with van der Waals surface area (Å²) in [6, 6.07) is 0. The molecule has 0 N–H and O–H groups in total. The normalized spacial score (nSPS) is 25.3. The lowest BCUT2D eigenvalue weighted by atomic mass is 9.79. The Bertz CT molecular complexity index is 874. The summed E-state index contributed by atoms with van der Waals surface area (Å²) in [6.07, 6.45) is 14.4. The lowest BCUT2D eigenvalue weighted by Gasteiger charge is -2.34. The van der Waals surface area contributed by atoms with Gasteiger partial charge in [-0.05, 0) is 65.2 Å². The van der Waals surface area contributed by atoms with Crippen molar-refractivity contribution < 1.29 is 38.1 Å². The molecule has 4 unspecified atom stereocenters. The summed E-state index contributed by atoms with van der Waals surface area (Å²) in [5.41, 5.74) is -1.64. The largest absolute Gasteiger partial charge is 0.465 e. The van der Waals surface area contributed by atoms with Gasteiger partial charge in [0.1, 0.15) is 17.8 Å². The van der Waals surface area contributed by atoms with Crippen molar-refractivity contribution in [1.29, 1.82) is 0 Å². The van der Waals surface area contributed by atoms with E-state index in [1.54, 1.807) is 6.92 Å². The zero-order chi connectivity index (χ0) is 29.9. The molecule has 3 fully saturated rings. The Kier molecular flexibility index (Phi) is 13.0. The van der Waals surface area contributed by atoms with Crippen LogP contribution in [-0.2, 0) is 38.1 Å². The summed E-state index contributed by atoms with van der Waals surface area (Å²) >= 11 is 0. The van der Waals surface area contributed by atoms with Gasteiger partial charge in [0.15, 0.2) is 0 Å². The Morgan fingerprint density at radius 3 is 1.56 bits per heavy atom. The molecule has 41 heavy (non-hydrogen) atoms. The van der Waals surface area contributed by atoms with E-state index in [1.165, 1.54) is 6.42 Å². The van der Waals surface area contributed by atoms with E-state index in [0.717, 1.165) is 70.6 Å². The third-order valence-corrected chi connectivity index (χ3v) is 9.83. The van der Waals surface area contributed by atoms with Crippen LogP contribution in [0.5, 0.6) is 0 Å². The fourth-order valence-corrected chi connectivity index (χ4v) is 6.34. The summed E-state index contributed by atoms with van der Waals surface area (Å²) in [5.74, 6) is -2.42. The molecular formula is C33H54O8. The molecule has 0 saturated heterocycles. The van der Waals surface area contributed by atoms with Crippen LogP contribution >= 0.6 is 0 Å². The SMILES string of the molecule is CCC(C)(CCOC(=O)C1CCCCC1C(=O)OC(C)(CC)COC(=O)C1CCCCC1)OC(=O)C1CCCCC1. The van der Waals surface area contributed by atoms with Crippen LogP contribution in [0.4, 0.5) is 0 Å². The second-order valence-electron chi connectivity index (χ2n) is 13.1. The molecule has 0 aromatic heterocycles. The molecule has 0 aromatic carbocycles. The summed E-state index contributed by atoms with van der Waals surface area (Å²) in [6.45, 7) is 7.70. The summed E-state index contributed by atoms with van der Waals surface area (Å²) in [5, 5.41) is 0. The fourth-order valence-electron chi connectivity index (χ4n) is 6.34. The first-order chi connectivity index (χ1) is 19.6. The Hall–Kier alpha value is -2.12. The Labute approximate surface area is 247 Å². The lowest BCUT2D eigenvalue weighted by Crippen LogP contribution is -2.43. The van der Waals surface area contributed by atoms with Crippen molar-refractivity contribution >= 4 is 23.9 Å². The first-order valence-corrected chi connectivity index (χ1v) is 16.4. The number of esters is 4.